The maximum Gasteiger partial charge on any atom is 0.184 e. The molecule has 4 nitrogen and oxygen atoms in total. The number of nitrogens with zero attached hydrogens (tertiary/aromatic N) is 2. The molecule has 0 aliphatic carbocycles. The van der Waals surface area contributed by atoms with Gasteiger partial charge in [-0.3, -0.25) is 0 Å². The highest BCUT2D eigenvalue weighted by Gasteiger charge is 2.31. The van der Waals surface area contributed by atoms with Gasteiger partial charge < -0.3 is 31.4 Å². The molecule has 0 N–H and O–H groups in total. The number of hydrogen-bond acceptors (Lipinski definition) is 3. The first-order chi connectivity index (χ1) is 22.1. The zero-order valence-electron chi connectivity index (χ0n) is 28.7. The molecule has 0 unspecified atom stereocenters. The standard InChI is InChI=1S/C39H59Cl2N2O2.BrH/c1-3-5-7-9-11-12-13-14-16-18-37-34-20-22-38(42-25-28-44-29-26-42)39(45-27-17-15-10-8-6-4-2)35(34)23-24-43(37)31-32-30-33(40)19-21-36(32)41;/h19-22,30H,3-18,23-29,31H2,1-2H3;1H/q+1;/p-1. The number of anilines is 1. The molecule has 0 atom stereocenters. The predicted molar refractivity (Wildman–Crippen MR) is 193 cm³/mol. The van der Waals surface area contributed by atoms with Crippen LogP contribution >= 0.6 is 23.2 Å². The third kappa shape index (κ3) is 12.3. The van der Waals surface area contributed by atoms with E-state index in [0.717, 1.165) is 86.6 Å². The third-order valence-corrected chi connectivity index (χ3v) is 10.2. The van der Waals surface area contributed by atoms with E-state index in [0.29, 0.717) is 0 Å². The van der Waals surface area contributed by atoms with Crippen molar-refractivity contribution < 1.29 is 31.0 Å². The van der Waals surface area contributed by atoms with Gasteiger partial charge >= 0.3 is 0 Å². The van der Waals surface area contributed by atoms with Crippen LogP contribution in [0.15, 0.2) is 30.3 Å². The molecule has 0 saturated carbocycles. The van der Waals surface area contributed by atoms with Gasteiger partial charge in [0.2, 0.25) is 0 Å². The number of ether oxygens (including phenoxy) is 2. The fourth-order valence-corrected chi connectivity index (χ4v) is 7.27. The molecule has 0 radical (unpaired) electrons. The van der Waals surface area contributed by atoms with Crippen molar-refractivity contribution in [2.24, 2.45) is 0 Å². The molecule has 2 aromatic rings. The molecule has 0 amide bonds. The number of hydrogen-bond donors (Lipinski definition) is 0. The summed E-state index contributed by atoms with van der Waals surface area (Å²) in [4.78, 5) is 2.47. The molecule has 46 heavy (non-hydrogen) atoms. The Morgan fingerprint density at radius 3 is 2.09 bits per heavy atom. The zero-order chi connectivity index (χ0) is 31.7. The van der Waals surface area contributed by atoms with E-state index in [-0.39, 0.29) is 17.0 Å². The topological polar surface area (TPSA) is 24.7 Å². The van der Waals surface area contributed by atoms with Crippen LogP contribution in [-0.4, -0.2) is 49.7 Å². The van der Waals surface area contributed by atoms with Crippen LogP contribution in [0.25, 0.3) is 0 Å². The van der Waals surface area contributed by atoms with Crippen LogP contribution in [0, 0.1) is 0 Å². The van der Waals surface area contributed by atoms with Crippen LogP contribution in [0.5, 0.6) is 5.75 Å². The quantitative estimate of drug-likeness (QED) is 0.0958. The van der Waals surface area contributed by atoms with Crippen molar-refractivity contribution in [1.29, 1.82) is 0 Å². The molecule has 4 rings (SSSR count). The summed E-state index contributed by atoms with van der Waals surface area (Å²) in [5.74, 6) is 1.12. The van der Waals surface area contributed by atoms with Crippen LogP contribution in [-0.2, 0) is 17.7 Å². The fourth-order valence-electron chi connectivity index (χ4n) is 6.90. The minimum absolute atomic E-state index is 0. The SMILES string of the molecule is CCCCCCCCCCCC1=[N+](Cc2cc(Cl)ccc2Cl)CCc2c1ccc(N1CCOCC1)c2OCCCCCCCC.[Br-]. The lowest BCUT2D eigenvalue weighted by atomic mass is 9.91. The van der Waals surface area contributed by atoms with Crippen molar-refractivity contribution in [2.75, 3.05) is 44.4 Å². The zero-order valence-corrected chi connectivity index (χ0v) is 31.8. The molecule has 2 aliphatic heterocycles. The monoisotopic (exact) mass is 736 g/mol. The molecule has 2 heterocycles. The molecule has 0 bridgehead atoms. The van der Waals surface area contributed by atoms with E-state index in [1.54, 1.807) is 0 Å². The lowest BCUT2D eigenvalue weighted by molar-refractivity contribution is -0.545. The van der Waals surface area contributed by atoms with Crippen LogP contribution in [0.3, 0.4) is 0 Å². The normalized spacial score (nSPS) is 14.7. The van der Waals surface area contributed by atoms with E-state index in [4.69, 9.17) is 32.7 Å². The number of fused-ring (bicyclic) bond motifs is 1. The van der Waals surface area contributed by atoms with Gasteiger partial charge in [-0.05, 0) is 43.2 Å². The maximum absolute atomic E-state index is 6.78. The molecule has 0 aromatic heterocycles. The number of benzene rings is 2. The molecular formula is C39H59BrCl2N2O2. The van der Waals surface area contributed by atoms with Crippen molar-refractivity contribution in [3.05, 3.63) is 57.1 Å². The second kappa shape index (κ2) is 22.4. The van der Waals surface area contributed by atoms with Gasteiger partial charge in [-0.25, -0.2) is 4.58 Å². The number of morpholine rings is 1. The van der Waals surface area contributed by atoms with Gasteiger partial charge in [0.15, 0.2) is 12.3 Å². The lowest BCUT2D eigenvalue weighted by Crippen LogP contribution is -3.00. The first kappa shape index (κ1) is 39.2. The summed E-state index contributed by atoms with van der Waals surface area (Å²) >= 11 is 13.1. The minimum Gasteiger partial charge on any atom is -1.00 e. The van der Waals surface area contributed by atoms with Gasteiger partial charge in [0.1, 0.15) is 12.3 Å². The summed E-state index contributed by atoms with van der Waals surface area (Å²) in [7, 11) is 0. The fraction of sp³-hybridized carbons (Fsp3) is 0.667. The Morgan fingerprint density at radius 2 is 1.41 bits per heavy atom. The molecule has 7 heteroatoms. The first-order valence-electron chi connectivity index (χ1n) is 18.3. The second-order valence-corrected chi connectivity index (χ2v) is 13.9. The van der Waals surface area contributed by atoms with Crippen LogP contribution in [0.4, 0.5) is 5.69 Å². The van der Waals surface area contributed by atoms with Gasteiger partial charge in [-0.2, -0.15) is 0 Å². The van der Waals surface area contributed by atoms with Gasteiger partial charge in [-0.15, -0.1) is 0 Å². The molecule has 0 spiro atoms. The molecule has 2 aromatic carbocycles. The Bertz CT molecular complexity index is 1200. The van der Waals surface area contributed by atoms with Gasteiger partial charge in [0, 0.05) is 47.6 Å². The summed E-state index contributed by atoms with van der Waals surface area (Å²) in [6, 6.07) is 10.6. The summed E-state index contributed by atoms with van der Waals surface area (Å²) in [6.45, 7) is 10.5. The highest BCUT2D eigenvalue weighted by Crippen LogP contribution is 2.38. The van der Waals surface area contributed by atoms with E-state index < -0.39 is 0 Å². The maximum atomic E-state index is 6.78. The molecule has 258 valence electrons. The Hall–Kier alpha value is -1.27. The summed E-state index contributed by atoms with van der Waals surface area (Å²) in [5.41, 5.74) is 6.55. The minimum atomic E-state index is 0. The second-order valence-electron chi connectivity index (χ2n) is 13.1. The van der Waals surface area contributed by atoms with Gasteiger partial charge in [0.25, 0.3) is 0 Å². The smallest absolute Gasteiger partial charge is 0.184 e. The summed E-state index contributed by atoms with van der Waals surface area (Å²) in [6.07, 6.45) is 21.7. The van der Waals surface area contributed by atoms with Gasteiger partial charge in [0.05, 0.1) is 30.5 Å². The average Bonchev–Trinajstić information content (AvgIpc) is 3.06. The van der Waals surface area contributed by atoms with E-state index in [2.05, 4.69) is 35.5 Å². The summed E-state index contributed by atoms with van der Waals surface area (Å²) < 4.78 is 15.1. The number of unbranched alkanes of at least 4 members (excludes halogenated alkanes) is 13. The lowest BCUT2D eigenvalue weighted by Gasteiger charge is -2.32. The first-order valence-corrected chi connectivity index (χ1v) is 19.0. The molecular weight excluding hydrogens is 679 g/mol. The van der Waals surface area contributed by atoms with E-state index in [1.807, 2.05) is 18.2 Å². The van der Waals surface area contributed by atoms with Crippen molar-refractivity contribution in [2.45, 2.75) is 130 Å². The van der Waals surface area contributed by atoms with Crippen LogP contribution < -0.4 is 26.6 Å². The van der Waals surface area contributed by atoms with E-state index >= 15 is 0 Å². The molecule has 1 saturated heterocycles. The predicted octanol–water partition coefficient (Wildman–Crippen LogP) is 8.05. The van der Waals surface area contributed by atoms with E-state index in [9.17, 15) is 0 Å². The highest BCUT2D eigenvalue weighted by molar-refractivity contribution is 6.33. The Balaban J connectivity index is 0.00000576. The molecule has 1 fully saturated rings. The third-order valence-electron chi connectivity index (χ3n) is 9.55. The average molecular weight is 739 g/mol. The molecule has 2 aliphatic rings. The van der Waals surface area contributed by atoms with Crippen molar-refractivity contribution in [3.63, 3.8) is 0 Å². The van der Waals surface area contributed by atoms with Crippen molar-refractivity contribution >= 4 is 34.6 Å². The van der Waals surface area contributed by atoms with Crippen molar-refractivity contribution in [3.8, 4) is 5.75 Å². The van der Waals surface area contributed by atoms with Crippen LogP contribution in [0.1, 0.15) is 133 Å². The van der Waals surface area contributed by atoms with Gasteiger partial charge in [-0.1, -0.05) is 121 Å². The summed E-state index contributed by atoms with van der Waals surface area (Å²) in [5, 5.41) is 1.53. The number of rotatable bonds is 21. The number of halogens is 3. The largest absolute Gasteiger partial charge is 1.00 e. The van der Waals surface area contributed by atoms with Crippen molar-refractivity contribution in [1.82, 2.24) is 0 Å². The van der Waals surface area contributed by atoms with Crippen LogP contribution in [0.2, 0.25) is 10.0 Å². The van der Waals surface area contributed by atoms with E-state index in [1.165, 1.54) is 112 Å². The Labute approximate surface area is 301 Å². The Morgan fingerprint density at radius 1 is 0.783 bits per heavy atom. The Kier molecular flexibility index (Phi) is 19.1. The highest BCUT2D eigenvalue weighted by atomic mass is 79.9.